The first-order chi connectivity index (χ1) is 11.5. The van der Waals surface area contributed by atoms with Gasteiger partial charge in [-0.2, -0.15) is 5.10 Å². The van der Waals surface area contributed by atoms with Gasteiger partial charge in [-0.15, -0.1) is 0 Å². The summed E-state index contributed by atoms with van der Waals surface area (Å²) in [6, 6.07) is 4.51. The van der Waals surface area contributed by atoms with Crippen LogP contribution in [0.15, 0.2) is 24.4 Å². The molecule has 0 aliphatic heterocycles. The summed E-state index contributed by atoms with van der Waals surface area (Å²) in [5.74, 6) is -0.879. The van der Waals surface area contributed by atoms with Crippen molar-refractivity contribution in [2.45, 2.75) is 12.8 Å². The summed E-state index contributed by atoms with van der Waals surface area (Å²) >= 11 is 0. The van der Waals surface area contributed by atoms with Gasteiger partial charge in [0.05, 0.1) is 25.5 Å². The van der Waals surface area contributed by atoms with E-state index in [-0.39, 0.29) is 35.1 Å². The number of anilines is 1. The van der Waals surface area contributed by atoms with Crippen molar-refractivity contribution in [2.24, 2.45) is 7.05 Å². The highest BCUT2D eigenvalue weighted by atomic mass is 16.5. The largest absolute Gasteiger partial charge is 0.493 e. The molecule has 0 spiro atoms. The molecule has 1 amide bonds. The zero-order valence-corrected chi connectivity index (χ0v) is 13.7. The Labute approximate surface area is 139 Å². The Morgan fingerprint density at radius 1 is 1.29 bits per heavy atom. The van der Waals surface area contributed by atoms with Crippen LogP contribution in [0.3, 0.4) is 0 Å². The number of amides is 1. The third kappa shape index (κ3) is 3.83. The van der Waals surface area contributed by atoms with E-state index in [9.17, 15) is 9.59 Å². The smallest absolute Gasteiger partial charge is 0.335 e. The van der Waals surface area contributed by atoms with Crippen LogP contribution in [-0.2, 0) is 18.3 Å². The number of carbonyl (C=O) groups excluding carboxylic acids is 1. The molecule has 128 valence electrons. The minimum atomic E-state index is -1.12. The van der Waals surface area contributed by atoms with E-state index in [4.69, 9.17) is 14.6 Å². The lowest BCUT2D eigenvalue weighted by molar-refractivity contribution is -0.116. The van der Waals surface area contributed by atoms with Gasteiger partial charge in [-0.05, 0) is 24.6 Å². The second kappa shape index (κ2) is 7.49. The minimum Gasteiger partial charge on any atom is -0.493 e. The average Bonchev–Trinajstić information content (AvgIpc) is 2.97. The second-order valence-corrected chi connectivity index (χ2v) is 5.06. The zero-order valence-electron chi connectivity index (χ0n) is 13.7. The van der Waals surface area contributed by atoms with Crippen LogP contribution in [0.2, 0.25) is 0 Å². The summed E-state index contributed by atoms with van der Waals surface area (Å²) in [7, 11) is 4.62. The molecule has 8 heteroatoms. The van der Waals surface area contributed by atoms with Crippen LogP contribution >= 0.6 is 0 Å². The molecule has 0 saturated carbocycles. The maximum absolute atomic E-state index is 12.2. The second-order valence-electron chi connectivity index (χ2n) is 5.06. The number of aryl methyl sites for hydroxylation is 2. The maximum atomic E-state index is 12.2. The Kier molecular flexibility index (Phi) is 5.41. The number of carbonyl (C=O) groups is 2. The number of aromatic carboxylic acids is 1. The van der Waals surface area contributed by atoms with Crippen molar-refractivity contribution >= 4 is 17.6 Å². The summed E-state index contributed by atoms with van der Waals surface area (Å²) < 4.78 is 12.1. The Morgan fingerprint density at radius 2 is 2.04 bits per heavy atom. The summed E-state index contributed by atoms with van der Waals surface area (Å²) in [6.45, 7) is 0. The Morgan fingerprint density at radius 3 is 2.58 bits per heavy atom. The lowest BCUT2D eigenvalue weighted by atomic mass is 10.1. The van der Waals surface area contributed by atoms with E-state index in [2.05, 4.69) is 10.4 Å². The van der Waals surface area contributed by atoms with Gasteiger partial charge in [0, 0.05) is 25.4 Å². The highest BCUT2D eigenvalue weighted by molar-refractivity contribution is 5.96. The van der Waals surface area contributed by atoms with Crippen molar-refractivity contribution in [3.8, 4) is 11.5 Å². The predicted molar refractivity (Wildman–Crippen MR) is 86.7 cm³/mol. The number of carboxylic acids is 1. The normalized spacial score (nSPS) is 10.3. The summed E-state index contributed by atoms with van der Waals surface area (Å²) in [5.41, 5.74) is 1.17. The van der Waals surface area contributed by atoms with Crippen LogP contribution in [0.1, 0.15) is 22.5 Å². The number of hydrogen-bond acceptors (Lipinski definition) is 5. The predicted octanol–water partition coefficient (Wildman–Crippen LogP) is 1.71. The van der Waals surface area contributed by atoms with E-state index in [1.807, 2.05) is 6.07 Å². The molecule has 1 aromatic carbocycles. The van der Waals surface area contributed by atoms with Gasteiger partial charge in [-0.3, -0.25) is 9.48 Å². The third-order valence-corrected chi connectivity index (χ3v) is 3.53. The molecular formula is C16H19N3O5. The number of hydrogen-bond donors (Lipinski definition) is 2. The van der Waals surface area contributed by atoms with Crippen molar-refractivity contribution in [3.63, 3.8) is 0 Å². The van der Waals surface area contributed by atoms with Gasteiger partial charge >= 0.3 is 5.97 Å². The first kappa shape index (κ1) is 17.3. The van der Waals surface area contributed by atoms with Crippen LogP contribution < -0.4 is 14.8 Å². The SMILES string of the molecule is COc1cc(C(=O)O)cc(NC(=O)CCc2ccnn2C)c1OC. The summed E-state index contributed by atoms with van der Waals surface area (Å²) in [5, 5.41) is 15.9. The molecule has 0 saturated heterocycles. The van der Waals surface area contributed by atoms with Gasteiger partial charge in [0.2, 0.25) is 5.91 Å². The number of rotatable bonds is 7. The molecule has 2 N–H and O–H groups in total. The van der Waals surface area contributed by atoms with E-state index in [0.29, 0.717) is 6.42 Å². The quantitative estimate of drug-likeness (QED) is 0.799. The molecule has 8 nitrogen and oxygen atoms in total. The van der Waals surface area contributed by atoms with Crippen molar-refractivity contribution < 1.29 is 24.2 Å². The number of carboxylic acid groups (broad SMARTS) is 1. The van der Waals surface area contributed by atoms with E-state index in [1.54, 1.807) is 17.9 Å². The molecule has 0 aliphatic rings. The molecule has 0 radical (unpaired) electrons. The Balaban J connectivity index is 2.17. The van der Waals surface area contributed by atoms with Crippen LogP contribution in [-0.4, -0.2) is 41.0 Å². The average molecular weight is 333 g/mol. The molecule has 0 unspecified atom stereocenters. The van der Waals surface area contributed by atoms with Crippen molar-refractivity contribution in [3.05, 3.63) is 35.7 Å². The lowest BCUT2D eigenvalue weighted by Gasteiger charge is -2.14. The number of ether oxygens (including phenoxy) is 2. The molecule has 24 heavy (non-hydrogen) atoms. The Hall–Kier alpha value is -3.03. The van der Waals surface area contributed by atoms with Gasteiger partial charge in [-0.25, -0.2) is 4.79 Å². The van der Waals surface area contributed by atoms with E-state index >= 15 is 0 Å². The van der Waals surface area contributed by atoms with Crippen LogP contribution in [0.25, 0.3) is 0 Å². The van der Waals surface area contributed by atoms with E-state index < -0.39 is 5.97 Å². The number of nitrogens with one attached hydrogen (secondary N) is 1. The molecule has 2 aromatic rings. The van der Waals surface area contributed by atoms with E-state index in [0.717, 1.165) is 5.69 Å². The monoisotopic (exact) mass is 333 g/mol. The maximum Gasteiger partial charge on any atom is 0.335 e. The van der Waals surface area contributed by atoms with Gasteiger partial charge in [0.25, 0.3) is 0 Å². The topological polar surface area (TPSA) is 103 Å². The highest BCUT2D eigenvalue weighted by Gasteiger charge is 2.17. The number of methoxy groups -OCH3 is 2. The highest BCUT2D eigenvalue weighted by Crippen LogP contribution is 2.36. The molecular weight excluding hydrogens is 314 g/mol. The van der Waals surface area contributed by atoms with Gasteiger partial charge in [0.1, 0.15) is 0 Å². The molecule has 2 rings (SSSR count). The van der Waals surface area contributed by atoms with Gasteiger partial charge in [-0.1, -0.05) is 0 Å². The molecule has 0 bridgehead atoms. The molecule has 0 fully saturated rings. The van der Waals surface area contributed by atoms with Crippen molar-refractivity contribution in [1.29, 1.82) is 0 Å². The summed E-state index contributed by atoms with van der Waals surface area (Å²) in [4.78, 5) is 23.4. The molecule has 1 aromatic heterocycles. The first-order valence-electron chi connectivity index (χ1n) is 7.22. The molecule has 1 heterocycles. The van der Waals surface area contributed by atoms with Crippen LogP contribution in [0.4, 0.5) is 5.69 Å². The first-order valence-corrected chi connectivity index (χ1v) is 7.22. The van der Waals surface area contributed by atoms with Crippen LogP contribution in [0, 0.1) is 0 Å². The number of nitrogens with zero attached hydrogens (tertiary/aromatic N) is 2. The third-order valence-electron chi connectivity index (χ3n) is 3.53. The fraction of sp³-hybridized carbons (Fsp3) is 0.312. The lowest BCUT2D eigenvalue weighted by Crippen LogP contribution is -2.15. The number of benzene rings is 1. The van der Waals surface area contributed by atoms with E-state index in [1.165, 1.54) is 26.4 Å². The van der Waals surface area contributed by atoms with Crippen molar-refractivity contribution in [2.75, 3.05) is 19.5 Å². The van der Waals surface area contributed by atoms with Gasteiger partial charge < -0.3 is 19.9 Å². The molecule has 0 atom stereocenters. The Bertz CT molecular complexity index is 754. The number of aromatic nitrogens is 2. The summed E-state index contributed by atoms with van der Waals surface area (Å²) in [6.07, 6.45) is 2.40. The standard InChI is InChI=1S/C16H19N3O5/c1-19-11(6-7-17-19)4-5-14(20)18-12-8-10(16(21)22)9-13(23-2)15(12)24-3/h6-9H,4-5H2,1-3H3,(H,18,20)(H,21,22). The fourth-order valence-corrected chi connectivity index (χ4v) is 2.28. The zero-order chi connectivity index (χ0) is 17.7. The molecule has 0 aliphatic carbocycles. The fourth-order valence-electron chi connectivity index (χ4n) is 2.28. The van der Waals surface area contributed by atoms with Crippen molar-refractivity contribution in [1.82, 2.24) is 9.78 Å². The van der Waals surface area contributed by atoms with Gasteiger partial charge in [0.15, 0.2) is 11.5 Å². The van der Waals surface area contributed by atoms with Crippen LogP contribution in [0.5, 0.6) is 11.5 Å². The minimum absolute atomic E-state index is 0.00501.